The summed E-state index contributed by atoms with van der Waals surface area (Å²) in [4.78, 5) is 12.1. The third-order valence-electron chi connectivity index (χ3n) is 3.23. The Morgan fingerprint density at radius 3 is 2.96 bits per heavy atom. The topological polar surface area (TPSA) is 69.0 Å². The molecule has 2 heterocycles. The molecule has 0 saturated carbocycles. The third kappa shape index (κ3) is 3.77. The lowest BCUT2D eigenvalue weighted by molar-refractivity contribution is -0.127. The summed E-state index contributed by atoms with van der Waals surface area (Å²) in [5.41, 5.74) is 0.620. The monoisotopic (exact) mass is 346 g/mol. The summed E-state index contributed by atoms with van der Waals surface area (Å²) in [6.45, 7) is 1.78. The van der Waals surface area contributed by atoms with Crippen LogP contribution in [0.1, 0.15) is 12.6 Å². The Morgan fingerprint density at radius 1 is 1.38 bits per heavy atom. The molecule has 8 heteroatoms. The van der Waals surface area contributed by atoms with Gasteiger partial charge in [-0.25, -0.2) is 9.07 Å². The van der Waals surface area contributed by atoms with E-state index in [0.717, 1.165) is 5.00 Å². The lowest BCUT2D eigenvalue weighted by Gasteiger charge is -2.14. The zero-order valence-electron chi connectivity index (χ0n) is 12.8. The molecule has 0 radical (unpaired) electrons. The number of para-hydroxylation sites is 1. The fraction of sp³-hybridized carbons (Fsp3) is 0.188. The highest BCUT2D eigenvalue weighted by Gasteiger charge is 2.16. The number of halogens is 1. The van der Waals surface area contributed by atoms with Gasteiger partial charge in [-0.15, -0.1) is 16.4 Å². The van der Waals surface area contributed by atoms with Gasteiger partial charge in [-0.05, 0) is 36.6 Å². The van der Waals surface area contributed by atoms with E-state index in [1.807, 2.05) is 17.5 Å². The largest absolute Gasteiger partial charge is 0.478 e. The van der Waals surface area contributed by atoms with Gasteiger partial charge in [0.25, 0.3) is 5.91 Å². The van der Waals surface area contributed by atoms with Crippen LogP contribution in [-0.2, 0) is 11.3 Å². The SMILES string of the molecule is CC(Oc1ccccc1F)C(=O)NCc1cn(-c2cccs2)nn1. The minimum absolute atomic E-state index is 0.0452. The van der Waals surface area contributed by atoms with Crippen LogP contribution in [0.15, 0.2) is 48.0 Å². The average Bonchev–Trinajstić information content (AvgIpc) is 3.25. The summed E-state index contributed by atoms with van der Waals surface area (Å²) >= 11 is 1.54. The Balaban J connectivity index is 1.54. The number of thiophene rings is 1. The van der Waals surface area contributed by atoms with E-state index in [9.17, 15) is 9.18 Å². The van der Waals surface area contributed by atoms with Crippen molar-refractivity contribution in [2.75, 3.05) is 0 Å². The molecule has 2 aromatic heterocycles. The fourth-order valence-corrected chi connectivity index (χ4v) is 2.64. The van der Waals surface area contributed by atoms with E-state index in [1.165, 1.54) is 23.5 Å². The zero-order valence-corrected chi connectivity index (χ0v) is 13.7. The fourth-order valence-electron chi connectivity index (χ4n) is 1.99. The number of nitrogens with zero attached hydrogens (tertiary/aromatic N) is 3. The normalized spacial score (nSPS) is 11.9. The van der Waals surface area contributed by atoms with E-state index >= 15 is 0 Å². The molecule has 1 amide bonds. The molecule has 3 rings (SSSR count). The van der Waals surface area contributed by atoms with Crippen LogP contribution in [0.2, 0.25) is 0 Å². The summed E-state index contributed by atoms with van der Waals surface area (Å²) in [7, 11) is 0. The van der Waals surface area contributed by atoms with Gasteiger partial charge in [0.15, 0.2) is 17.7 Å². The second kappa shape index (κ2) is 7.22. The van der Waals surface area contributed by atoms with Crippen molar-refractivity contribution in [1.82, 2.24) is 20.3 Å². The van der Waals surface area contributed by atoms with Crippen LogP contribution >= 0.6 is 11.3 Å². The van der Waals surface area contributed by atoms with Crippen molar-refractivity contribution >= 4 is 17.2 Å². The summed E-state index contributed by atoms with van der Waals surface area (Å²) in [5, 5.41) is 13.6. The van der Waals surface area contributed by atoms with Crippen LogP contribution < -0.4 is 10.1 Å². The molecule has 1 unspecified atom stereocenters. The lowest BCUT2D eigenvalue weighted by atomic mass is 10.3. The van der Waals surface area contributed by atoms with Gasteiger partial charge in [0.1, 0.15) is 10.7 Å². The lowest BCUT2D eigenvalue weighted by Crippen LogP contribution is -2.36. The molecule has 0 aliphatic heterocycles. The van der Waals surface area contributed by atoms with Crippen molar-refractivity contribution < 1.29 is 13.9 Å². The predicted molar refractivity (Wildman–Crippen MR) is 87.6 cm³/mol. The number of nitrogens with one attached hydrogen (secondary N) is 1. The molecule has 0 bridgehead atoms. The van der Waals surface area contributed by atoms with E-state index in [0.29, 0.717) is 5.69 Å². The number of aromatic nitrogens is 3. The van der Waals surface area contributed by atoms with Crippen LogP contribution in [0.25, 0.3) is 5.00 Å². The maximum absolute atomic E-state index is 13.5. The number of carbonyl (C=O) groups excluding carboxylic acids is 1. The van der Waals surface area contributed by atoms with Crippen molar-refractivity contribution in [2.24, 2.45) is 0 Å². The predicted octanol–water partition coefficient (Wildman–Crippen LogP) is 2.55. The Hall–Kier alpha value is -2.74. The van der Waals surface area contributed by atoms with Gasteiger partial charge in [0.2, 0.25) is 0 Å². The van der Waals surface area contributed by atoms with Crippen molar-refractivity contribution in [1.29, 1.82) is 0 Å². The maximum atomic E-state index is 13.5. The molecule has 0 fully saturated rings. The quantitative estimate of drug-likeness (QED) is 0.745. The van der Waals surface area contributed by atoms with Gasteiger partial charge >= 0.3 is 0 Å². The van der Waals surface area contributed by atoms with Crippen molar-refractivity contribution in [3.63, 3.8) is 0 Å². The summed E-state index contributed by atoms with van der Waals surface area (Å²) in [6, 6.07) is 9.81. The minimum Gasteiger partial charge on any atom is -0.478 e. The van der Waals surface area contributed by atoms with Gasteiger partial charge in [0.05, 0.1) is 12.7 Å². The Bertz CT molecular complexity index is 819. The number of benzene rings is 1. The number of hydrogen-bond acceptors (Lipinski definition) is 5. The van der Waals surface area contributed by atoms with Gasteiger partial charge in [0, 0.05) is 0 Å². The van der Waals surface area contributed by atoms with E-state index in [4.69, 9.17) is 4.74 Å². The van der Waals surface area contributed by atoms with Gasteiger partial charge in [-0.3, -0.25) is 4.79 Å². The van der Waals surface area contributed by atoms with E-state index in [1.54, 1.807) is 29.9 Å². The van der Waals surface area contributed by atoms with Crippen LogP contribution in [0.4, 0.5) is 4.39 Å². The highest BCUT2D eigenvalue weighted by Crippen LogP contribution is 2.17. The van der Waals surface area contributed by atoms with Crippen LogP contribution in [0.3, 0.4) is 0 Å². The molecular formula is C16H15FN4O2S. The van der Waals surface area contributed by atoms with Crippen molar-refractivity contribution in [3.8, 4) is 10.8 Å². The van der Waals surface area contributed by atoms with E-state index < -0.39 is 11.9 Å². The minimum atomic E-state index is -0.825. The summed E-state index contributed by atoms with van der Waals surface area (Å²) in [6.07, 6.45) is 0.920. The average molecular weight is 346 g/mol. The number of amides is 1. The van der Waals surface area contributed by atoms with E-state index in [-0.39, 0.29) is 18.2 Å². The van der Waals surface area contributed by atoms with Crippen LogP contribution in [-0.4, -0.2) is 27.0 Å². The van der Waals surface area contributed by atoms with Gasteiger partial charge < -0.3 is 10.1 Å². The van der Waals surface area contributed by atoms with Crippen LogP contribution in [0.5, 0.6) is 5.75 Å². The Labute approximate surface area is 141 Å². The van der Waals surface area contributed by atoms with Crippen molar-refractivity contribution in [2.45, 2.75) is 19.6 Å². The first-order valence-electron chi connectivity index (χ1n) is 7.27. The third-order valence-corrected chi connectivity index (χ3v) is 4.08. The number of hydrogen-bond donors (Lipinski definition) is 1. The highest BCUT2D eigenvalue weighted by molar-refractivity contribution is 7.12. The molecule has 0 spiro atoms. The van der Waals surface area contributed by atoms with Crippen molar-refractivity contribution in [3.05, 3.63) is 59.5 Å². The first kappa shape index (κ1) is 16.1. The molecule has 124 valence electrons. The van der Waals surface area contributed by atoms with Gasteiger partial charge in [-0.1, -0.05) is 17.3 Å². The second-order valence-corrected chi connectivity index (χ2v) is 5.94. The molecule has 0 saturated heterocycles. The standard InChI is InChI=1S/C16H15FN4O2S/c1-11(23-14-6-3-2-5-13(14)17)16(22)18-9-12-10-21(20-19-12)15-7-4-8-24-15/h2-8,10-11H,9H2,1H3,(H,18,22). The number of rotatable bonds is 6. The highest BCUT2D eigenvalue weighted by atomic mass is 32.1. The maximum Gasteiger partial charge on any atom is 0.261 e. The molecule has 0 aliphatic carbocycles. The molecule has 1 atom stereocenters. The zero-order chi connectivity index (χ0) is 16.9. The number of ether oxygens (including phenoxy) is 1. The smallest absolute Gasteiger partial charge is 0.261 e. The first-order valence-corrected chi connectivity index (χ1v) is 8.15. The summed E-state index contributed by atoms with van der Waals surface area (Å²) < 4.78 is 20.5. The Kier molecular flexibility index (Phi) is 4.85. The molecule has 1 aromatic carbocycles. The van der Waals surface area contributed by atoms with Crippen LogP contribution in [0, 0.1) is 5.82 Å². The molecule has 0 aliphatic rings. The first-order chi connectivity index (χ1) is 11.6. The van der Waals surface area contributed by atoms with Gasteiger partial charge in [-0.2, -0.15) is 0 Å². The molecular weight excluding hydrogens is 331 g/mol. The summed E-state index contributed by atoms with van der Waals surface area (Å²) in [5.74, 6) is -0.816. The second-order valence-electron chi connectivity index (χ2n) is 5.01. The number of carbonyl (C=O) groups is 1. The molecule has 1 N–H and O–H groups in total. The van der Waals surface area contributed by atoms with E-state index in [2.05, 4.69) is 15.6 Å². The molecule has 24 heavy (non-hydrogen) atoms. The molecule has 3 aromatic rings. The molecule has 6 nitrogen and oxygen atoms in total. The Morgan fingerprint density at radius 2 is 2.21 bits per heavy atom.